The standard InChI is InChI=1S/C37H73NO9/c1-3-5-7-9-11-12-13-14-15-16-17-18-20-21-23-25-30(40)33(42)29(38-32(41)26-24-22-19-10-8-6-4-2)28-46-37-36(45)35(44)34(43)31(27-39)47-37/h29-31,33-37,39-40,42-45H,3-28H2,1-2H3,(H,38,41)/t29-,30+,31+,33-,34+,35?,36?,37+/m0/s1. The van der Waals surface area contributed by atoms with Crippen molar-refractivity contribution in [2.24, 2.45) is 0 Å². The predicted octanol–water partition coefficient (Wildman–Crippen LogP) is 5.41. The molecule has 7 N–H and O–H groups in total. The highest BCUT2D eigenvalue weighted by Crippen LogP contribution is 2.23. The highest BCUT2D eigenvalue weighted by Gasteiger charge is 2.44. The third kappa shape index (κ3) is 20.4. The first kappa shape index (κ1) is 44.2. The highest BCUT2D eigenvalue weighted by molar-refractivity contribution is 5.76. The van der Waals surface area contributed by atoms with Crippen LogP contribution in [0.4, 0.5) is 0 Å². The SMILES string of the molecule is CCCCCCCCCCCCCCCCC[C@@H](O)[C@@H](O)[C@H](CO[C@@H]1O[C@H](CO)[C@@H](O)C(O)C1O)NC(=O)CCCCCCCCC. The third-order valence-electron chi connectivity index (χ3n) is 9.55. The normalized spacial score (nSPS) is 23.4. The average molecular weight is 676 g/mol. The lowest BCUT2D eigenvalue weighted by atomic mass is 9.98. The quantitative estimate of drug-likeness (QED) is 0.0475. The van der Waals surface area contributed by atoms with Gasteiger partial charge in [0.15, 0.2) is 6.29 Å². The molecule has 0 aromatic rings. The van der Waals surface area contributed by atoms with E-state index in [0.29, 0.717) is 6.42 Å². The lowest BCUT2D eigenvalue weighted by Crippen LogP contribution is -2.60. The molecule has 1 saturated heterocycles. The molecule has 0 spiro atoms. The van der Waals surface area contributed by atoms with Crippen molar-refractivity contribution < 1.29 is 44.9 Å². The van der Waals surface area contributed by atoms with E-state index in [0.717, 1.165) is 44.9 Å². The van der Waals surface area contributed by atoms with Gasteiger partial charge in [-0.2, -0.15) is 0 Å². The molecule has 1 aliphatic heterocycles. The van der Waals surface area contributed by atoms with Crippen molar-refractivity contribution in [1.82, 2.24) is 5.32 Å². The lowest BCUT2D eigenvalue weighted by Gasteiger charge is -2.40. The molecular weight excluding hydrogens is 602 g/mol. The van der Waals surface area contributed by atoms with Gasteiger partial charge in [0.2, 0.25) is 5.91 Å². The monoisotopic (exact) mass is 676 g/mol. The number of hydrogen-bond acceptors (Lipinski definition) is 9. The van der Waals surface area contributed by atoms with Crippen LogP contribution in [0.5, 0.6) is 0 Å². The fourth-order valence-electron chi connectivity index (χ4n) is 6.31. The summed E-state index contributed by atoms with van der Waals surface area (Å²) in [5.41, 5.74) is 0. The number of ether oxygens (including phenoxy) is 2. The van der Waals surface area contributed by atoms with Crippen molar-refractivity contribution in [3.05, 3.63) is 0 Å². The second-order valence-corrected chi connectivity index (χ2v) is 13.9. The first-order valence-electron chi connectivity index (χ1n) is 19.3. The molecule has 0 aromatic heterocycles. The van der Waals surface area contributed by atoms with E-state index >= 15 is 0 Å². The molecule has 0 radical (unpaired) electrons. The Hall–Kier alpha value is -0.850. The molecule has 10 heteroatoms. The zero-order chi connectivity index (χ0) is 34.7. The summed E-state index contributed by atoms with van der Waals surface area (Å²) in [4.78, 5) is 12.8. The van der Waals surface area contributed by atoms with Gasteiger partial charge in [0.1, 0.15) is 30.5 Å². The maximum atomic E-state index is 12.8. The number of carbonyl (C=O) groups is 1. The Morgan fingerprint density at radius 2 is 1.11 bits per heavy atom. The van der Waals surface area contributed by atoms with E-state index in [-0.39, 0.29) is 18.9 Å². The van der Waals surface area contributed by atoms with Crippen LogP contribution < -0.4 is 5.32 Å². The van der Waals surface area contributed by atoms with Crippen LogP contribution in [0.25, 0.3) is 0 Å². The Bertz CT molecular complexity index is 728. The Morgan fingerprint density at radius 3 is 1.57 bits per heavy atom. The van der Waals surface area contributed by atoms with Gasteiger partial charge in [0.25, 0.3) is 0 Å². The predicted molar refractivity (Wildman–Crippen MR) is 186 cm³/mol. The molecule has 2 unspecified atom stereocenters. The Labute approximate surface area is 286 Å². The molecule has 8 atom stereocenters. The van der Waals surface area contributed by atoms with Crippen LogP contribution in [0.3, 0.4) is 0 Å². The molecule has 10 nitrogen and oxygen atoms in total. The van der Waals surface area contributed by atoms with E-state index in [1.54, 1.807) is 0 Å². The van der Waals surface area contributed by atoms with Crippen molar-refractivity contribution in [3.8, 4) is 0 Å². The first-order valence-corrected chi connectivity index (χ1v) is 19.3. The number of carbonyl (C=O) groups excluding carboxylic acids is 1. The number of amides is 1. The van der Waals surface area contributed by atoms with Gasteiger partial charge in [0.05, 0.1) is 25.4 Å². The van der Waals surface area contributed by atoms with E-state index in [1.165, 1.54) is 96.3 Å². The van der Waals surface area contributed by atoms with Gasteiger partial charge in [0, 0.05) is 6.42 Å². The molecule has 280 valence electrons. The minimum atomic E-state index is -1.60. The molecule has 0 aliphatic carbocycles. The van der Waals surface area contributed by atoms with E-state index in [4.69, 9.17) is 9.47 Å². The zero-order valence-electron chi connectivity index (χ0n) is 29.9. The minimum Gasteiger partial charge on any atom is -0.394 e. The third-order valence-corrected chi connectivity index (χ3v) is 9.55. The van der Waals surface area contributed by atoms with Crippen LogP contribution in [0.15, 0.2) is 0 Å². The summed E-state index contributed by atoms with van der Waals surface area (Å²) in [5.74, 6) is -0.265. The van der Waals surface area contributed by atoms with Crippen molar-refractivity contribution in [1.29, 1.82) is 0 Å². The summed E-state index contributed by atoms with van der Waals surface area (Å²) in [6.45, 7) is 3.53. The van der Waals surface area contributed by atoms with E-state index < -0.39 is 55.6 Å². The average Bonchev–Trinajstić information content (AvgIpc) is 3.07. The summed E-state index contributed by atoms with van der Waals surface area (Å²) in [6.07, 6.45) is 17.1. The van der Waals surface area contributed by atoms with Crippen LogP contribution in [0, 0.1) is 0 Å². The largest absolute Gasteiger partial charge is 0.394 e. The molecule has 1 aliphatic rings. The van der Waals surface area contributed by atoms with Gasteiger partial charge in [-0.05, 0) is 12.8 Å². The topological polar surface area (TPSA) is 169 Å². The van der Waals surface area contributed by atoms with Gasteiger partial charge in [-0.15, -0.1) is 0 Å². The molecule has 0 saturated carbocycles. The summed E-state index contributed by atoms with van der Waals surface area (Å²) in [5, 5.41) is 64.6. The fourth-order valence-corrected chi connectivity index (χ4v) is 6.31. The minimum absolute atomic E-state index is 0.265. The smallest absolute Gasteiger partial charge is 0.220 e. The number of nitrogens with one attached hydrogen (secondary N) is 1. The van der Waals surface area contributed by atoms with Crippen LogP contribution in [0.2, 0.25) is 0 Å². The molecule has 0 aromatic carbocycles. The Kier molecular flexibility index (Phi) is 27.2. The zero-order valence-corrected chi connectivity index (χ0v) is 29.9. The first-order chi connectivity index (χ1) is 22.8. The number of aliphatic hydroxyl groups excluding tert-OH is 6. The summed E-state index contributed by atoms with van der Waals surface area (Å²) in [7, 11) is 0. The summed E-state index contributed by atoms with van der Waals surface area (Å²) < 4.78 is 11.1. The maximum absolute atomic E-state index is 12.8. The molecule has 0 bridgehead atoms. The summed E-state index contributed by atoms with van der Waals surface area (Å²) in [6, 6.07) is -0.981. The van der Waals surface area contributed by atoms with Gasteiger partial charge >= 0.3 is 0 Å². The van der Waals surface area contributed by atoms with Crippen molar-refractivity contribution in [2.75, 3.05) is 13.2 Å². The number of aliphatic hydroxyl groups is 6. The molecule has 1 heterocycles. The number of rotatable bonds is 31. The Morgan fingerprint density at radius 1 is 0.660 bits per heavy atom. The van der Waals surface area contributed by atoms with E-state index in [2.05, 4.69) is 19.2 Å². The van der Waals surface area contributed by atoms with Crippen molar-refractivity contribution >= 4 is 5.91 Å². The van der Waals surface area contributed by atoms with Gasteiger partial charge < -0.3 is 45.4 Å². The van der Waals surface area contributed by atoms with Gasteiger partial charge in [-0.3, -0.25) is 4.79 Å². The Balaban J connectivity index is 2.44. The molecule has 47 heavy (non-hydrogen) atoms. The van der Waals surface area contributed by atoms with Crippen LogP contribution >= 0.6 is 0 Å². The molecule has 1 fully saturated rings. The van der Waals surface area contributed by atoms with Gasteiger partial charge in [-0.1, -0.05) is 149 Å². The second kappa shape index (κ2) is 28.9. The molecule has 1 rings (SSSR count). The fraction of sp³-hybridized carbons (Fsp3) is 0.973. The second-order valence-electron chi connectivity index (χ2n) is 13.9. The summed E-state index contributed by atoms with van der Waals surface area (Å²) >= 11 is 0. The number of unbranched alkanes of at least 4 members (excludes halogenated alkanes) is 20. The molecule has 1 amide bonds. The van der Waals surface area contributed by atoms with E-state index in [9.17, 15) is 35.4 Å². The van der Waals surface area contributed by atoms with Gasteiger partial charge in [-0.25, -0.2) is 0 Å². The maximum Gasteiger partial charge on any atom is 0.220 e. The van der Waals surface area contributed by atoms with Crippen LogP contribution in [-0.4, -0.2) is 98.7 Å². The van der Waals surface area contributed by atoms with Crippen molar-refractivity contribution in [2.45, 2.75) is 217 Å². The van der Waals surface area contributed by atoms with Crippen LogP contribution in [0.1, 0.15) is 168 Å². The van der Waals surface area contributed by atoms with E-state index in [1.807, 2.05) is 0 Å². The van der Waals surface area contributed by atoms with Crippen LogP contribution in [-0.2, 0) is 14.3 Å². The highest BCUT2D eigenvalue weighted by atomic mass is 16.7. The number of hydrogen-bond donors (Lipinski definition) is 7. The van der Waals surface area contributed by atoms with Crippen molar-refractivity contribution in [3.63, 3.8) is 0 Å². The molecular formula is C37H73NO9. The lowest BCUT2D eigenvalue weighted by molar-refractivity contribution is -0.303.